The number of carbonyl (C=O) groups is 4. The molecule has 0 amide bonds. The van der Waals surface area contributed by atoms with Crippen LogP contribution in [0.4, 0.5) is 0 Å². The molecular formula is C12H18O5. The molecule has 0 radical (unpaired) electrons. The van der Waals surface area contributed by atoms with Crippen molar-refractivity contribution in [2.75, 3.05) is 0 Å². The monoisotopic (exact) mass is 242 g/mol. The van der Waals surface area contributed by atoms with E-state index < -0.39 is 35.6 Å². The first-order valence-electron chi connectivity index (χ1n) is 5.51. The van der Waals surface area contributed by atoms with Gasteiger partial charge in [0.2, 0.25) is 0 Å². The molecule has 0 heterocycles. The molecule has 96 valence electrons. The Labute approximate surface area is 101 Å². The van der Waals surface area contributed by atoms with Crippen LogP contribution in [0.5, 0.6) is 0 Å². The predicted octanol–water partition coefficient (Wildman–Crippen LogP) is 0.998. The molecule has 17 heavy (non-hydrogen) atoms. The van der Waals surface area contributed by atoms with Gasteiger partial charge in [0.05, 0.1) is 11.8 Å². The number of hydrogen-bond acceptors (Lipinski definition) is 5. The van der Waals surface area contributed by atoms with E-state index >= 15 is 0 Å². The Bertz CT molecular complexity index is 280. The summed E-state index contributed by atoms with van der Waals surface area (Å²) in [4.78, 5) is 43.9. The minimum Gasteiger partial charge on any atom is -0.393 e. The van der Waals surface area contributed by atoms with Gasteiger partial charge in [0.15, 0.2) is 0 Å². The third-order valence-corrected chi connectivity index (χ3v) is 2.95. The summed E-state index contributed by atoms with van der Waals surface area (Å²) in [6.45, 7) is 6.17. The van der Waals surface area contributed by atoms with Gasteiger partial charge in [-0.05, 0) is 0 Å². The summed E-state index contributed by atoms with van der Waals surface area (Å²) in [5, 5.41) is 0. The van der Waals surface area contributed by atoms with Crippen LogP contribution in [0.15, 0.2) is 0 Å². The molecule has 4 atom stereocenters. The lowest BCUT2D eigenvalue weighted by atomic mass is 9.96. The molecule has 4 unspecified atom stereocenters. The first-order valence-corrected chi connectivity index (χ1v) is 5.51. The molecule has 0 aromatic heterocycles. The Balaban J connectivity index is 4.44. The van der Waals surface area contributed by atoms with Gasteiger partial charge in [-0.1, -0.05) is 27.7 Å². The summed E-state index contributed by atoms with van der Waals surface area (Å²) in [7, 11) is 0. The van der Waals surface area contributed by atoms with Crippen LogP contribution >= 0.6 is 0 Å². The van der Waals surface area contributed by atoms with Crippen LogP contribution in [0.1, 0.15) is 27.7 Å². The fraction of sp³-hybridized carbons (Fsp3) is 0.667. The van der Waals surface area contributed by atoms with Gasteiger partial charge in [-0.3, -0.25) is 9.59 Å². The zero-order chi connectivity index (χ0) is 13.6. The van der Waals surface area contributed by atoms with E-state index in [1.165, 1.54) is 13.8 Å². The molecule has 0 saturated heterocycles. The second-order valence-corrected chi connectivity index (χ2v) is 4.31. The van der Waals surface area contributed by atoms with Crippen LogP contribution in [0.3, 0.4) is 0 Å². The number of ether oxygens (including phenoxy) is 1. The van der Waals surface area contributed by atoms with Gasteiger partial charge in [0, 0.05) is 11.8 Å². The maximum atomic E-state index is 11.5. The average Bonchev–Trinajstić information content (AvgIpc) is 2.34. The number of rotatable bonds is 6. The lowest BCUT2D eigenvalue weighted by Gasteiger charge is -2.16. The molecule has 0 aliphatic heterocycles. The molecule has 5 nitrogen and oxygen atoms in total. The van der Waals surface area contributed by atoms with Gasteiger partial charge in [0.25, 0.3) is 0 Å². The molecule has 0 N–H and O–H groups in total. The summed E-state index contributed by atoms with van der Waals surface area (Å²) < 4.78 is 4.62. The Morgan fingerprint density at radius 1 is 0.824 bits per heavy atom. The SMILES string of the molecule is CC(C=O)C(C)C(=O)OC(=O)C(C)C(C)C=O. The number of aldehydes is 2. The van der Waals surface area contributed by atoms with Gasteiger partial charge in [0.1, 0.15) is 12.6 Å². The molecule has 0 saturated carbocycles. The highest BCUT2D eigenvalue weighted by Crippen LogP contribution is 2.14. The van der Waals surface area contributed by atoms with Crippen molar-refractivity contribution < 1.29 is 23.9 Å². The van der Waals surface area contributed by atoms with E-state index in [-0.39, 0.29) is 0 Å². The minimum absolute atomic E-state index is 0.505. The Morgan fingerprint density at radius 3 is 1.35 bits per heavy atom. The van der Waals surface area contributed by atoms with Crippen molar-refractivity contribution in [1.82, 2.24) is 0 Å². The number of hydrogen-bond donors (Lipinski definition) is 0. The van der Waals surface area contributed by atoms with Crippen LogP contribution in [0, 0.1) is 23.7 Å². The summed E-state index contributed by atoms with van der Waals surface area (Å²) in [5.41, 5.74) is 0. The van der Waals surface area contributed by atoms with E-state index in [9.17, 15) is 19.2 Å². The Hall–Kier alpha value is -1.52. The molecule has 0 aliphatic carbocycles. The van der Waals surface area contributed by atoms with Crippen LogP contribution < -0.4 is 0 Å². The van der Waals surface area contributed by atoms with Crippen molar-refractivity contribution in [2.45, 2.75) is 27.7 Å². The third kappa shape index (κ3) is 4.46. The zero-order valence-electron chi connectivity index (χ0n) is 10.5. The molecule has 0 aromatic carbocycles. The third-order valence-electron chi connectivity index (χ3n) is 2.95. The number of esters is 2. The maximum absolute atomic E-state index is 11.5. The fourth-order valence-electron chi connectivity index (χ4n) is 0.950. The highest BCUT2D eigenvalue weighted by Gasteiger charge is 2.28. The van der Waals surface area contributed by atoms with E-state index in [1.807, 2.05) is 0 Å². The molecule has 0 aromatic rings. The normalized spacial score (nSPS) is 17.4. The molecule has 0 bridgehead atoms. The van der Waals surface area contributed by atoms with Crippen LogP contribution in [-0.4, -0.2) is 24.5 Å². The second-order valence-electron chi connectivity index (χ2n) is 4.31. The van der Waals surface area contributed by atoms with E-state index in [2.05, 4.69) is 4.74 Å². The van der Waals surface area contributed by atoms with Gasteiger partial charge in [-0.15, -0.1) is 0 Å². The zero-order valence-corrected chi connectivity index (χ0v) is 10.5. The molecule has 0 spiro atoms. The molecule has 0 rings (SSSR count). The number of carbonyl (C=O) groups excluding carboxylic acids is 4. The van der Waals surface area contributed by atoms with E-state index in [0.717, 1.165) is 0 Å². The second kappa shape index (κ2) is 6.93. The van der Waals surface area contributed by atoms with Crippen LogP contribution in [0.2, 0.25) is 0 Å². The van der Waals surface area contributed by atoms with Gasteiger partial charge in [-0.25, -0.2) is 0 Å². The Morgan fingerprint density at radius 2 is 1.12 bits per heavy atom. The average molecular weight is 242 g/mol. The van der Waals surface area contributed by atoms with Gasteiger partial charge < -0.3 is 14.3 Å². The summed E-state index contributed by atoms with van der Waals surface area (Å²) >= 11 is 0. The highest BCUT2D eigenvalue weighted by molar-refractivity contribution is 5.89. The lowest BCUT2D eigenvalue weighted by Crippen LogP contribution is -2.29. The van der Waals surface area contributed by atoms with E-state index in [0.29, 0.717) is 12.6 Å². The van der Waals surface area contributed by atoms with E-state index in [4.69, 9.17) is 0 Å². The van der Waals surface area contributed by atoms with Gasteiger partial charge in [-0.2, -0.15) is 0 Å². The van der Waals surface area contributed by atoms with Crippen molar-refractivity contribution >= 4 is 24.5 Å². The molecular weight excluding hydrogens is 224 g/mol. The first kappa shape index (κ1) is 15.5. The van der Waals surface area contributed by atoms with Crippen molar-refractivity contribution in [1.29, 1.82) is 0 Å². The van der Waals surface area contributed by atoms with Crippen LogP contribution in [0.25, 0.3) is 0 Å². The smallest absolute Gasteiger partial charge is 0.317 e. The highest BCUT2D eigenvalue weighted by atomic mass is 16.6. The topological polar surface area (TPSA) is 77.5 Å². The molecule has 5 heteroatoms. The van der Waals surface area contributed by atoms with Crippen molar-refractivity contribution in [2.24, 2.45) is 23.7 Å². The summed E-state index contributed by atoms with van der Waals surface area (Å²) in [6, 6.07) is 0. The maximum Gasteiger partial charge on any atom is 0.317 e. The fourth-order valence-corrected chi connectivity index (χ4v) is 0.950. The van der Waals surface area contributed by atoms with Gasteiger partial charge >= 0.3 is 11.9 Å². The van der Waals surface area contributed by atoms with Crippen LogP contribution in [-0.2, 0) is 23.9 Å². The van der Waals surface area contributed by atoms with Crippen molar-refractivity contribution in [3.8, 4) is 0 Å². The minimum atomic E-state index is -0.737. The first-order chi connectivity index (χ1) is 7.84. The summed E-state index contributed by atoms with van der Waals surface area (Å²) in [5.74, 6) is -3.83. The largest absolute Gasteiger partial charge is 0.393 e. The molecule has 0 fully saturated rings. The van der Waals surface area contributed by atoms with Crippen molar-refractivity contribution in [3.63, 3.8) is 0 Å². The predicted molar refractivity (Wildman–Crippen MR) is 59.9 cm³/mol. The Kier molecular flexibility index (Phi) is 6.31. The van der Waals surface area contributed by atoms with E-state index in [1.54, 1.807) is 13.8 Å². The lowest BCUT2D eigenvalue weighted by molar-refractivity contribution is -0.167. The quantitative estimate of drug-likeness (QED) is 0.394. The molecule has 0 aliphatic rings. The summed E-state index contributed by atoms with van der Waals surface area (Å²) in [6.07, 6.45) is 1.27. The standard InChI is InChI=1S/C12H18O5/c1-7(5-13)9(3)11(15)17-12(16)10(4)8(2)6-14/h5-10H,1-4H3. The van der Waals surface area contributed by atoms with Crippen molar-refractivity contribution in [3.05, 3.63) is 0 Å².